The van der Waals surface area contributed by atoms with E-state index < -0.39 is 0 Å². The summed E-state index contributed by atoms with van der Waals surface area (Å²) in [7, 11) is 0. The molecule has 31 heavy (non-hydrogen) atoms. The van der Waals surface area contributed by atoms with E-state index in [2.05, 4.69) is 115 Å². The number of allylic oxidation sites excluding steroid dienone is 4. The molecule has 0 aliphatic heterocycles. The highest BCUT2D eigenvalue weighted by Crippen LogP contribution is 2.20. The first-order valence-electron chi connectivity index (χ1n) is 10.6. The Bertz CT molecular complexity index is 1040. The van der Waals surface area contributed by atoms with Gasteiger partial charge in [-0.25, -0.2) is 0 Å². The number of nitrogens with zero attached hydrogens (tertiary/aromatic N) is 1. The van der Waals surface area contributed by atoms with Crippen LogP contribution in [-0.2, 0) is 0 Å². The Labute approximate surface area is 195 Å². The summed E-state index contributed by atoms with van der Waals surface area (Å²) in [5, 5.41) is 3.81. The summed E-state index contributed by atoms with van der Waals surface area (Å²) >= 11 is 3.45. The fourth-order valence-corrected chi connectivity index (χ4v) is 3.42. The highest BCUT2D eigenvalue weighted by Gasteiger charge is 1.94. The van der Waals surface area contributed by atoms with E-state index in [1.807, 2.05) is 32.9 Å². The number of aryl methyl sites for hydroxylation is 3. The molecule has 0 radical (unpaired) electrons. The van der Waals surface area contributed by atoms with Gasteiger partial charge in [0, 0.05) is 15.6 Å². The fourth-order valence-electron chi connectivity index (χ4n) is 3.04. The molecule has 0 saturated heterocycles. The highest BCUT2D eigenvalue weighted by molar-refractivity contribution is 9.10. The largest absolute Gasteiger partial charge is 0.253 e. The van der Waals surface area contributed by atoms with Crippen LogP contribution < -0.4 is 0 Å². The molecule has 0 fully saturated rings. The van der Waals surface area contributed by atoms with Crippen LogP contribution in [0.4, 0.5) is 0 Å². The number of fused-ring (bicyclic) bond motifs is 2. The second kappa shape index (κ2) is 12.2. The van der Waals surface area contributed by atoms with Crippen LogP contribution in [0, 0.1) is 20.8 Å². The van der Waals surface area contributed by atoms with Crippen molar-refractivity contribution in [3.63, 3.8) is 0 Å². The topological polar surface area (TPSA) is 12.9 Å². The van der Waals surface area contributed by atoms with Crippen LogP contribution in [0.15, 0.2) is 95.0 Å². The highest BCUT2D eigenvalue weighted by atomic mass is 79.9. The number of hydrogen-bond donors (Lipinski definition) is 0. The summed E-state index contributed by atoms with van der Waals surface area (Å²) < 4.78 is 1.14. The zero-order valence-corrected chi connectivity index (χ0v) is 21.0. The molecule has 0 spiro atoms. The summed E-state index contributed by atoms with van der Waals surface area (Å²) in [6.45, 7) is 12.4. The Morgan fingerprint density at radius 1 is 0.742 bits per heavy atom. The van der Waals surface area contributed by atoms with Gasteiger partial charge in [0.05, 0.1) is 5.52 Å². The molecule has 0 N–H and O–H groups in total. The monoisotopic (exact) mass is 473 g/mol. The summed E-state index contributed by atoms with van der Waals surface area (Å²) in [5.41, 5.74) is 6.08. The van der Waals surface area contributed by atoms with Crippen molar-refractivity contribution in [2.75, 3.05) is 0 Å². The van der Waals surface area contributed by atoms with Crippen LogP contribution in [0.1, 0.15) is 37.6 Å². The zero-order valence-electron chi connectivity index (χ0n) is 19.4. The Kier molecular flexibility index (Phi) is 9.68. The second-order valence-electron chi connectivity index (χ2n) is 7.68. The van der Waals surface area contributed by atoms with Gasteiger partial charge in [-0.05, 0) is 82.6 Å². The molecule has 0 saturated carbocycles. The standard InChI is InChI=1S/C11H9Br.C11H11N.C7H12/c1-8-2-3-10-7-11(12)5-4-9(10)6-8;1-8-3-6-11-10(7-8)5-4-9(2)12-11;1-4-6-7(3)5-2/h2-7H,1H3;3-7H,1-2H3;4-6H,1-3H3/b;;6-4-,7-5-. The Hall–Kier alpha value is -2.71. The minimum Gasteiger partial charge on any atom is -0.253 e. The number of benzene rings is 3. The van der Waals surface area contributed by atoms with Crippen LogP contribution in [0.5, 0.6) is 0 Å². The number of pyridine rings is 1. The number of rotatable bonds is 1. The van der Waals surface area contributed by atoms with Crippen molar-refractivity contribution >= 4 is 37.6 Å². The van der Waals surface area contributed by atoms with Gasteiger partial charge in [-0.1, -0.05) is 87.3 Å². The molecule has 0 unspecified atom stereocenters. The van der Waals surface area contributed by atoms with Crippen LogP contribution >= 0.6 is 15.9 Å². The van der Waals surface area contributed by atoms with E-state index in [1.165, 1.54) is 32.9 Å². The van der Waals surface area contributed by atoms with Crippen LogP contribution in [0.25, 0.3) is 21.7 Å². The molecule has 0 amide bonds. The first kappa shape index (κ1) is 24.6. The molecule has 0 atom stereocenters. The second-order valence-corrected chi connectivity index (χ2v) is 8.59. The van der Waals surface area contributed by atoms with E-state index in [0.717, 1.165) is 15.7 Å². The van der Waals surface area contributed by atoms with E-state index in [1.54, 1.807) is 0 Å². The Morgan fingerprint density at radius 2 is 1.32 bits per heavy atom. The van der Waals surface area contributed by atoms with Crippen LogP contribution in [0.3, 0.4) is 0 Å². The van der Waals surface area contributed by atoms with Crippen molar-refractivity contribution in [2.24, 2.45) is 0 Å². The maximum atomic E-state index is 4.42. The molecule has 160 valence electrons. The molecular formula is C29H32BrN. The zero-order chi connectivity index (χ0) is 22.8. The van der Waals surface area contributed by atoms with Crippen molar-refractivity contribution in [2.45, 2.75) is 41.5 Å². The smallest absolute Gasteiger partial charge is 0.0705 e. The Morgan fingerprint density at radius 3 is 1.97 bits per heavy atom. The third-order valence-corrected chi connectivity index (χ3v) is 5.32. The minimum absolute atomic E-state index is 1.08. The first-order chi connectivity index (χ1) is 14.8. The third-order valence-electron chi connectivity index (χ3n) is 4.83. The lowest BCUT2D eigenvalue weighted by molar-refractivity contribution is 1.25. The molecule has 0 bridgehead atoms. The average Bonchev–Trinajstić information content (AvgIpc) is 2.75. The van der Waals surface area contributed by atoms with Crippen LogP contribution in [-0.4, -0.2) is 4.98 Å². The van der Waals surface area contributed by atoms with Crippen molar-refractivity contribution in [1.29, 1.82) is 0 Å². The van der Waals surface area contributed by atoms with E-state index in [0.29, 0.717) is 0 Å². The van der Waals surface area contributed by atoms with Gasteiger partial charge in [-0.3, -0.25) is 4.98 Å². The molecular weight excluding hydrogens is 442 g/mol. The predicted molar refractivity (Wildman–Crippen MR) is 142 cm³/mol. The lowest BCUT2D eigenvalue weighted by Gasteiger charge is -1.99. The summed E-state index contributed by atoms with van der Waals surface area (Å²) in [5.74, 6) is 0. The molecule has 2 heteroatoms. The Balaban J connectivity index is 0.000000173. The molecule has 4 aromatic rings. The van der Waals surface area contributed by atoms with E-state index >= 15 is 0 Å². The van der Waals surface area contributed by atoms with Gasteiger partial charge in [-0.15, -0.1) is 0 Å². The van der Waals surface area contributed by atoms with Crippen molar-refractivity contribution in [3.8, 4) is 0 Å². The van der Waals surface area contributed by atoms with Gasteiger partial charge in [-0.2, -0.15) is 0 Å². The molecule has 0 aliphatic carbocycles. The lowest BCUT2D eigenvalue weighted by Crippen LogP contribution is -1.82. The molecule has 3 aromatic carbocycles. The van der Waals surface area contributed by atoms with Crippen molar-refractivity contribution in [1.82, 2.24) is 4.98 Å². The number of hydrogen-bond acceptors (Lipinski definition) is 1. The van der Waals surface area contributed by atoms with Gasteiger partial charge in [0.1, 0.15) is 0 Å². The summed E-state index contributed by atoms with van der Waals surface area (Å²) in [6, 6.07) is 23.3. The van der Waals surface area contributed by atoms with Crippen molar-refractivity contribution < 1.29 is 0 Å². The van der Waals surface area contributed by atoms with Gasteiger partial charge in [0.15, 0.2) is 0 Å². The quantitative estimate of drug-likeness (QED) is 0.251. The van der Waals surface area contributed by atoms with E-state index in [4.69, 9.17) is 0 Å². The minimum atomic E-state index is 1.08. The molecule has 1 heterocycles. The fraction of sp³-hybridized carbons (Fsp3) is 0.207. The van der Waals surface area contributed by atoms with E-state index in [9.17, 15) is 0 Å². The van der Waals surface area contributed by atoms with Gasteiger partial charge in [0.2, 0.25) is 0 Å². The predicted octanol–water partition coefficient (Wildman–Crippen LogP) is 9.29. The van der Waals surface area contributed by atoms with Crippen LogP contribution in [0.2, 0.25) is 0 Å². The SMILES string of the molecule is C/C=C\C(C)=C/C.Cc1ccc2cc(Br)ccc2c1.Cc1ccc2nc(C)ccc2c1. The van der Waals surface area contributed by atoms with Gasteiger partial charge < -0.3 is 0 Å². The molecule has 1 nitrogen and oxygen atoms in total. The third kappa shape index (κ3) is 8.15. The van der Waals surface area contributed by atoms with Gasteiger partial charge >= 0.3 is 0 Å². The average molecular weight is 474 g/mol. The lowest BCUT2D eigenvalue weighted by atomic mass is 10.1. The molecule has 4 rings (SSSR count). The molecule has 0 aliphatic rings. The number of halogens is 1. The summed E-state index contributed by atoms with van der Waals surface area (Å²) in [4.78, 5) is 4.42. The molecule has 1 aromatic heterocycles. The maximum absolute atomic E-state index is 4.42. The maximum Gasteiger partial charge on any atom is 0.0705 e. The van der Waals surface area contributed by atoms with Crippen molar-refractivity contribution in [3.05, 3.63) is 112 Å². The van der Waals surface area contributed by atoms with Gasteiger partial charge in [0.25, 0.3) is 0 Å². The normalized spacial score (nSPS) is 11.1. The summed E-state index contributed by atoms with van der Waals surface area (Å²) in [6.07, 6.45) is 6.20. The number of aromatic nitrogens is 1. The van der Waals surface area contributed by atoms with E-state index in [-0.39, 0.29) is 0 Å². The first-order valence-corrected chi connectivity index (χ1v) is 11.4.